The number of halogens is 1. The molecule has 1 fully saturated rings. The average Bonchev–Trinajstić information content (AvgIpc) is 3.22. The van der Waals surface area contributed by atoms with Crippen molar-refractivity contribution in [1.29, 1.82) is 0 Å². The average molecular weight is 404 g/mol. The van der Waals surface area contributed by atoms with Crippen LogP contribution in [-0.4, -0.2) is 45.9 Å². The maximum atomic E-state index is 13.6. The molecule has 2 aliphatic heterocycles. The Kier molecular flexibility index (Phi) is 4.24. The molecule has 0 N–H and O–H groups in total. The van der Waals surface area contributed by atoms with Crippen molar-refractivity contribution in [2.75, 3.05) is 32.1 Å². The van der Waals surface area contributed by atoms with Crippen molar-refractivity contribution in [2.45, 2.75) is 23.7 Å². The van der Waals surface area contributed by atoms with Gasteiger partial charge in [0.1, 0.15) is 11.6 Å². The number of rotatable bonds is 3. The number of hydrogen-bond donors (Lipinski definition) is 0. The zero-order chi connectivity index (χ0) is 20.3. The lowest BCUT2D eigenvalue weighted by Crippen LogP contribution is -2.42. The van der Waals surface area contributed by atoms with Crippen molar-refractivity contribution in [2.24, 2.45) is 0 Å². The van der Waals surface area contributed by atoms with Crippen molar-refractivity contribution in [1.82, 2.24) is 4.31 Å². The third-order valence-corrected chi connectivity index (χ3v) is 7.64. The van der Waals surface area contributed by atoms with Gasteiger partial charge in [0.05, 0.1) is 17.4 Å². The number of methoxy groups -OCH3 is 1. The molecule has 2 aromatic rings. The Morgan fingerprint density at radius 1 is 1.18 bits per heavy atom. The standard InChI is InChI=1S/C20H21FN2O4S/c1-13-10-15(5-6-17(13)21)28(25,26)23-9-8-20(12-23)16-11-14(27-3)4-7-18(16)22(2)19(20)24/h4-7,10-11H,8-9,12H2,1-3H3. The highest BCUT2D eigenvalue weighted by molar-refractivity contribution is 7.89. The fourth-order valence-electron chi connectivity index (χ4n) is 4.16. The predicted molar refractivity (Wildman–Crippen MR) is 103 cm³/mol. The van der Waals surface area contributed by atoms with Crippen molar-refractivity contribution < 1.29 is 22.3 Å². The lowest BCUT2D eigenvalue weighted by molar-refractivity contribution is -0.122. The molecular weight excluding hydrogens is 383 g/mol. The maximum Gasteiger partial charge on any atom is 0.243 e. The second-order valence-corrected chi connectivity index (χ2v) is 9.27. The predicted octanol–water partition coefficient (Wildman–Crippen LogP) is 2.45. The molecular formula is C20H21FN2O4S. The van der Waals surface area contributed by atoms with Crippen LogP contribution in [0.25, 0.3) is 0 Å². The van der Waals surface area contributed by atoms with Gasteiger partial charge in [-0.2, -0.15) is 4.31 Å². The Balaban J connectivity index is 1.74. The van der Waals surface area contributed by atoms with Gasteiger partial charge in [-0.25, -0.2) is 12.8 Å². The number of hydrogen-bond acceptors (Lipinski definition) is 4. The summed E-state index contributed by atoms with van der Waals surface area (Å²) in [5.41, 5.74) is 0.887. The summed E-state index contributed by atoms with van der Waals surface area (Å²) < 4.78 is 46.4. The fraction of sp³-hybridized carbons (Fsp3) is 0.350. The first-order valence-corrected chi connectivity index (χ1v) is 10.4. The second kappa shape index (κ2) is 6.28. The summed E-state index contributed by atoms with van der Waals surface area (Å²) in [7, 11) is -0.586. The van der Waals surface area contributed by atoms with E-state index in [4.69, 9.17) is 4.74 Å². The zero-order valence-corrected chi connectivity index (χ0v) is 16.7. The molecule has 6 nitrogen and oxygen atoms in total. The van der Waals surface area contributed by atoms with Crippen LogP contribution in [0.3, 0.4) is 0 Å². The normalized spacial score (nSPS) is 22.1. The van der Waals surface area contributed by atoms with Gasteiger partial charge in [0.25, 0.3) is 0 Å². The van der Waals surface area contributed by atoms with Crippen LogP contribution in [0.1, 0.15) is 17.5 Å². The number of likely N-dealkylation sites (N-methyl/N-ethyl adjacent to an activating group) is 1. The molecule has 0 aliphatic carbocycles. The number of nitrogens with zero attached hydrogens (tertiary/aromatic N) is 2. The number of amides is 1. The lowest BCUT2D eigenvalue weighted by Gasteiger charge is -2.23. The highest BCUT2D eigenvalue weighted by Crippen LogP contribution is 2.48. The van der Waals surface area contributed by atoms with Gasteiger partial charge in [-0.15, -0.1) is 0 Å². The SMILES string of the molecule is COc1ccc2c(c1)C1(CCN(S(=O)(=O)c3ccc(F)c(C)c3)C1)C(=O)N2C. The van der Waals surface area contributed by atoms with Crippen molar-refractivity contribution in [3.63, 3.8) is 0 Å². The molecule has 148 valence electrons. The number of ether oxygens (including phenoxy) is 1. The Labute approximate surface area is 163 Å². The van der Waals surface area contributed by atoms with E-state index < -0.39 is 21.3 Å². The highest BCUT2D eigenvalue weighted by Gasteiger charge is 2.55. The Morgan fingerprint density at radius 3 is 2.61 bits per heavy atom. The quantitative estimate of drug-likeness (QED) is 0.788. The van der Waals surface area contributed by atoms with Crippen molar-refractivity contribution >= 4 is 21.6 Å². The molecule has 0 bridgehead atoms. The number of carbonyl (C=O) groups is 1. The molecule has 2 aromatic carbocycles. The van der Waals surface area contributed by atoms with Crippen LogP contribution in [0.4, 0.5) is 10.1 Å². The van der Waals surface area contributed by atoms with Gasteiger partial charge in [0.15, 0.2) is 0 Å². The molecule has 1 saturated heterocycles. The molecule has 4 rings (SSSR count). The van der Waals surface area contributed by atoms with Gasteiger partial charge in [0.2, 0.25) is 15.9 Å². The van der Waals surface area contributed by atoms with Crippen LogP contribution >= 0.6 is 0 Å². The van der Waals surface area contributed by atoms with E-state index in [9.17, 15) is 17.6 Å². The summed E-state index contributed by atoms with van der Waals surface area (Å²) >= 11 is 0. The van der Waals surface area contributed by atoms with Crippen molar-refractivity contribution in [3.8, 4) is 5.75 Å². The topological polar surface area (TPSA) is 66.9 Å². The van der Waals surface area contributed by atoms with Crippen LogP contribution in [0.2, 0.25) is 0 Å². The molecule has 2 aliphatic rings. The molecule has 8 heteroatoms. The number of benzene rings is 2. The van der Waals surface area contributed by atoms with Crippen LogP contribution in [0.15, 0.2) is 41.3 Å². The summed E-state index contributed by atoms with van der Waals surface area (Å²) in [6.45, 7) is 1.79. The maximum absolute atomic E-state index is 13.6. The molecule has 2 heterocycles. The number of aryl methyl sites for hydroxylation is 1. The van der Waals surface area contributed by atoms with Gasteiger partial charge >= 0.3 is 0 Å². The fourth-order valence-corrected chi connectivity index (χ4v) is 5.75. The van der Waals surface area contributed by atoms with Gasteiger partial charge in [-0.1, -0.05) is 0 Å². The van der Waals surface area contributed by atoms with E-state index in [0.29, 0.717) is 12.2 Å². The largest absolute Gasteiger partial charge is 0.497 e. The lowest BCUT2D eigenvalue weighted by atomic mass is 9.81. The summed E-state index contributed by atoms with van der Waals surface area (Å²) in [4.78, 5) is 14.7. The van der Waals surface area contributed by atoms with E-state index in [1.165, 1.54) is 23.4 Å². The number of anilines is 1. The second-order valence-electron chi connectivity index (χ2n) is 7.33. The summed E-state index contributed by atoms with van der Waals surface area (Å²) in [6.07, 6.45) is 0.385. The third-order valence-electron chi connectivity index (χ3n) is 5.80. The molecule has 1 spiro atoms. The number of sulfonamides is 1. The zero-order valence-electron chi connectivity index (χ0n) is 15.9. The first-order valence-electron chi connectivity index (χ1n) is 8.94. The summed E-state index contributed by atoms with van der Waals surface area (Å²) in [5.74, 6) is 0.0471. The minimum absolute atomic E-state index is 0.0353. The first-order chi connectivity index (χ1) is 13.2. The van der Waals surface area contributed by atoms with E-state index in [1.807, 2.05) is 12.1 Å². The molecule has 0 radical (unpaired) electrons. The third kappa shape index (κ3) is 2.55. The van der Waals surface area contributed by atoms with Crippen LogP contribution < -0.4 is 9.64 Å². The van der Waals surface area contributed by atoms with E-state index in [0.717, 1.165) is 17.3 Å². The van der Waals surface area contributed by atoms with Gasteiger partial charge < -0.3 is 9.64 Å². The van der Waals surface area contributed by atoms with Crippen molar-refractivity contribution in [3.05, 3.63) is 53.3 Å². The van der Waals surface area contributed by atoms with Gasteiger partial charge in [0, 0.05) is 25.8 Å². The van der Waals surface area contributed by atoms with Gasteiger partial charge in [-0.05, 0) is 60.9 Å². The summed E-state index contributed by atoms with van der Waals surface area (Å²) in [5, 5.41) is 0. The van der Waals surface area contributed by atoms with E-state index in [2.05, 4.69) is 0 Å². The molecule has 1 atom stereocenters. The number of carbonyl (C=O) groups excluding carboxylic acids is 1. The minimum Gasteiger partial charge on any atom is -0.497 e. The molecule has 0 aromatic heterocycles. The molecule has 0 saturated carbocycles. The molecule has 1 amide bonds. The van der Waals surface area contributed by atoms with Crippen LogP contribution in [0.5, 0.6) is 5.75 Å². The first kappa shape index (κ1) is 18.9. The monoisotopic (exact) mass is 404 g/mol. The molecule has 1 unspecified atom stereocenters. The Bertz CT molecular complexity index is 1090. The highest BCUT2D eigenvalue weighted by atomic mass is 32.2. The molecule has 28 heavy (non-hydrogen) atoms. The summed E-state index contributed by atoms with van der Waals surface area (Å²) in [6, 6.07) is 9.17. The smallest absolute Gasteiger partial charge is 0.243 e. The van der Waals surface area contributed by atoms with E-state index >= 15 is 0 Å². The number of fused-ring (bicyclic) bond motifs is 2. The Morgan fingerprint density at radius 2 is 1.93 bits per heavy atom. The van der Waals surface area contributed by atoms with E-state index in [1.54, 1.807) is 25.1 Å². The van der Waals surface area contributed by atoms with Crippen LogP contribution in [0, 0.1) is 12.7 Å². The minimum atomic E-state index is -3.84. The van der Waals surface area contributed by atoms with E-state index in [-0.39, 0.29) is 29.5 Å². The van der Waals surface area contributed by atoms with Crippen LogP contribution in [-0.2, 0) is 20.2 Å². The van der Waals surface area contributed by atoms with Gasteiger partial charge in [-0.3, -0.25) is 4.79 Å². The Hall–Kier alpha value is -2.45.